The van der Waals surface area contributed by atoms with E-state index < -0.39 is 0 Å². The van der Waals surface area contributed by atoms with Crippen LogP contribution in [0, 0.1) is 0 Å². The number of hydrogen-bond acceptors (Lipinski definition) is 4. The number of rotatable bonds is 2. The Labute approximate surface area is 58.9 Å². The van der Waals surface area contributed by atoms with Gasteiger partial charge >= 0.3 is 0 Å². The van der Waals surface area contributed by atoms with Gasteiger partial charge in [-0.3, -0.25) is 10.1 Å². The third-order valence-electron chi connectivity index (χ3n) is 1.45. The van der Waals surface area contributed by atoms with Crippen molar-refractivity contribution < 1.29 is 9.90 Å². The molecular weight excluding hydrogens is 138 g/mol. The largest absolute Gasteiger partial charge is 0.394 e. The molecule has 9 heavy (non-hydrogen) atoms. The molecule has 1 saturated heterocycles. The van der Waals surface area contributed by atoms with Gasteiger partial charge in [0.25, 0.3) is 0 Å². The smallest absolute Gasteiger partial charge is 0.169 e. The first-order valence-electron chi connectivity index (χ1n) is 2.81. The van der Waals surface area contributed by atoms with Crippen molar-refractivity contribution in [2.24, 2.45) is 0 Å². The SMILES string of the molecule is O=C1C(CS)N[C@H]1CO. The molecule has 2 atom stereocenters. The van der Waals surface area contributed by atoms with Gasteiger partial charge in [-0.1, -0.05) is 0 Å². The van der Waals surface area contributed by atoms with Crippen molar-refractivity contribution in [3.63, 3.8) is 0 Å². The minimum Gasteiger partial charge on any atom is -0.394 e. The monoisotopic (exact) mass is 147 g/mol. The third-order valence-corrected chi connectivity index (χ3v) is 1.82. The fraction of sp³-hybridized carbons (Fsp3) is 0.800. The van der Waals surface area contributed by atoms with Crippen LogP contribution in [0.5, 0.6) is 0 Å². The van der Waals surface area contributed by atoms with Crippen molar-refractivity contribution in [2.45, 2.75) is 12.1 Å². The molecular formula is C5H9NO2S. The molecule has 2 N–H and O–H groups in total. The van der Waals surface area contributed by atoms with Gasteiger partial charge in [0, 0.05) is 5.75 Å². The number of carbonyl (C=O) groups is 1. The standard InChI is InChI=1S/C5H9NO2S/c7-1-3-5(8)4(2-9)6-3/h3-4,6-7,9H,1-2H2/t3-,4?/m0/s1. The lowest BCUT2D eigenvalue weighted by Gasteiger charge is -2.32. The van der Waals surface area contributed by atoms with E-state index in [9.17, 15) is 4.79 Å². The van der Waals surface area contributed by atoms with Crippen molar-refractivity contribution in [2.75, 3.05) is 12.4 Å². The highest BCUT2D eigenvalue weighted by Crippen LogP contribution is 2.06. The van der Waals surface area contributed by atoms with Crippen LogP contribution in [0.3, 0.4) is 0 Å². The maximum absolute atomic E-state index is 10.8. The zero-order valence-corrected chi connectivity index (χ0v) is 5.77. The van der Waals surface area contributed by atoms with Gasteiger partial charge < -0.3 is 5.11 Å². The van der Waals surface area contributed by atoms with E-state index in [1.165, 1.54) is 0 Å². The van der Waals surface area contributed by atoms with Gasteiger partial charge in [-0.15, -0.1) is 0 Å². The Bertz CT molecular complexity index is 116. The first kappa shape index (κ1) is 7.05. The molecule has 0 aromatic carbocycles. The van der Waals surface area contributed by atoms with Crippen LogP contribution in [-0.4, -0.2) is 35.3 Å². The van der Waals surface area contributed by atoms with Gasteiger partial charge in [0.05, 0.1) is 18.7 Å². The molecule has 0 aromatic heterocycles. The molecule has 52 valence electrons. The van der Waals surface area contributed by atoms with Gasteiger partial charge in [0.2, 0.25) is 0 Å². The van der Waals surface area contributed by atoms with Gasteiger partial charge in [-0.05, 0) is 0 Å². The number of hydrogen-bond donors (Lipinski definition) is 3. The first-order chi connectivity index (χ1) is 4.29. The van der Waals surface area contributed by atoms with Crippen LogP contribution >= 0.6 is 12.6 Å². The van der Waals surface area contributed by atoms with Crippen LogP contribution in [0.4, 0.5) is 0 Å². The number of ketones is 1. The Morgan fingerprint density at radius 3 is 2.67 bits per heavy atom. The molecule has 4 heteroatoms. The Morgan fingerprint density at radius 1 is 1.67 bits per heavy atom. The third kappa shape index (κ3) is 1.10. The fourth-order valence-electron chi connectivity index (χ4n) is 0.839. The van der Waals surface area contributed by atoms with Crippen LogP contribution in [0.15, 0.2) is 0 Å². The lowest BCUT2D eigenvalue weighted by Crippen LogP contribution is -2.64. The molecule has 1 heterocycles. The second-order valence-electron chi connectivity index (χ2n) is 2.04. The molecule has 1 rings (SSSR count). The predicted molar refractivity (Wildman–Crippen MR) is 36.7 cm³/mol. The van der Waals surface area contributed by atoms with Crippen LogP contribution in [0.2, 0.25) is 0 Å². The molecule has 0 aliphatic carbocycles. The van der Waals surface area contributed by atoms with E-state index >= 15 is 0 Å². The first-order valence-corrected chi connectivity index (χ1v) is 3.44. The summed E-state index contributed by atoms with van der Waals surface area (Å²) in [5.74, 6) is 0.600. The highest BCUT2D eigenvalue weighted by Gasteiger charge is 2.36. The maximum Gasteiger partial charge on any atom is 0.169 e. The molecule has 0 radical (unpaired) electrons. The molecule has 0 aromatic rings. The summed E-state index contributed by atoms with van der Waals surface area (Å²) in [7, 11) is 0. The summed E-state index contributed by atoms with van der Waals surface area (Å²) in [5.41, 5.74) is 0. The van der Waals surface area contributed by atoms with Gasteiger partial charge in [0.1, 0.15) is 0 Å². The summed E-state index contributed by atoms with van der Waals surface area (Å²) < 4.78 is 0. The van der Waals surface area contributed by atoms with Crippen LogP contribution in [0.1, 0.15) is 0 Å². The summed E-state index contributed by atoms with van der Waals surface area (Å²) >= 11 is 3.92. The topological polar surface area (TPSA) is 49.3 Å². The summed E-state index contributed by atoms with van der Waals surface area (Å²) in [4.78, 5) is 10.8. The van der Waals surface area contributed by atoms with E-state index in [4.69, 9.17) is 5.11 Å². The van der Waals surface area contributed by atoms with E-state index in [0.717, 1.165) is 0 Å². The quantitative estimate of drug-likeness (QED) is 0.431. The zero-order chi connectivity index (χ0) is 6.85. The summed E-state index contributed by atoms with van der Waals surface area (Å²) in [6, 6.07) is -0.437. The number of aliphatic hydroxyl groups is 1. The number of aliphatic hydroxyl groups excluding tert-OH is 1. The number of nitrogens with one attached hydrogen (secondary N) is 1. The molecule has 0 amide bonds. The molecule has 1 aliphatic heterocycles. The van der Waals surface area contributed by atoms with Crippen molar-refractivity contribution in [1.82, 2.24) is 5.32 Å². The van der Waals surface area contributed by atoms with Gasteiger partial charge in [-0.2, -0.15) is 12.6 Å². The predicted octanol–water partition coefficient (Wildman–Crippen LogP) is -1.18. The maximum atomic E-state index is 10.8. The Hall–Kier alpha value is -0.0600. The minimum atomic E-state index is -0.317. The second-order valence-corrected chi connectivity index (χ2v) is 2.40. The van der Waals surface area contributed by atoms with E-state index in [2.05, 4.69) is 17.9 Å². The number of thiol groups is 1. The average molecular weight is 147 g/mol. The van der Waals surface area contributed by atoms with Crippen molar-refractivity contribution in [3.8, 4) is 0 Å². The normalized spacial score (nSPS) is 34.2. The van der Waals surface area contributed by atoms with Crippen molar-refractivity contribution in [1.29, 1.82) is 0 Å². The van der Waals surface area contributed by atoms with Gasteiger partial charge in [0.15, 0.2) is 5.78 Å². The Balaban J connectivity index is 2.33. The van der Waals surface area contributed by atoms with Crippen molar-refractivity contribution in [3.05, 3.63) is 0 Å². The lowest BCUT2D eigenvalue weighted by molar-refractivity contribution is -0.130. The summed E-state index contributed by atoms with van der Waals surface area (Å²) in [6.45, 7) is -0.0941. The highest BCUT2D eigenvalue weighted by molar-refractivity contribution is 7.80. The van der Waals surface area contributed by atoms with E-state index in [1.807, 2.05) is 0 Å². The fourth-order valence-corrected chi connectivity index (χ4v) is 1.12. The lowest BCUT2D eigenvalue weighted by atomic mass is 9.97. The average Bonchev–Trinajstić information content (AvgIpc) is 1.87. The highest BCUT2D eigenvalue weighted by atomic mass is 32.1. The molecule has 1 fully saturated rings. The van der Waals surface area contributed by atoms with E-state index in [1.54, 1.807) is 0 Å². The van der Waals surface area contributed by atoms with E-state index in [-0.39, 0.29) is 24.5 Å². The minimum absolute atomic E-state index is 0.0764. The summed E-state index contributed by atoms with van der Waals surface area (Å²) in [5, 5.41) is 11.3. The molecule has 0 spiro atoms. The molecule has 1 unspecified atom stereocenters. The zero-order valence-electron chi connectivity index (χ0n) is 4.87. The second kappa shape index (κ2) is 2.68. The van der Waals surface area contributed by atoms with Crippen LogP contribution < -0.4 is 5.32 Å². The molecule has 0 saturated carbocycles. The Kier molecular flexibility index (Phi) is 2.10. The summed E-state index contributed by atoms with van der Waals surface area (Å²) in [6.07, 6.45) is 0. The molecule has 1 aliphatic rings. The number of Topliss-reactive ketones (excluding diaryl/α,β-unsaturated/α-hetero) is 1. The Morgan fingerprint density at radius 2 is 2.33 bits per heavy atom. The molecule has 3 nitrogen and oxygen atoms in total. The van der Waals surface area contributed by atoms with Crippen LogP contribution in [-0.2, 0) is 4.79 Å². The molecule has 0 bridgehead atoms. The van der Waals surface area contributed by atoms with Crippen molar-refractivity contribution >= 4 is 18.4 Å². The van der Waals surface area contributed by atoms with Gasteiger partial charge in [-0.25, -0.2) is 0 Å². The van der Waals surface area contributed by atoms with E-state index in [0.29, 0.717) is 5.75 Å². The van der Waals surface area contributed by atoms with Crippen LogP contribution in [0.25, 0.3) is 0 Å². The number of carbonyl (C=O) groups excluding carboxylic acids is 1.